The van der Waals surface area contributed by atoms with Gasteiger partial charge in [-0.25, -0.2) is 9.97 Å². The van der Waals surface area contributed by atoms with Crippen molar-refractivity contribution in [3.8, 4) is 17.0 Å². The highest BCUT2D eigenvalue weighted by Crippen LogP contribution is 2.33. The number of nitrogens with zero attached hydrogens (tertiary/aromatic N) is 8. The highest BCUT2D eigenvalue weighted by atomic mass is 16.5. The van der Waals surface area contributed by atoms with Crippen molar-refractivity contribution in [3.63, 3.8) is 0 Å². The Morgan fingerprint density at radius 1 is 0.946 bits per heavy atom. The van der Waals surface area contributed by atoms with Crippen LogP contribution >= 0.6 is 0 Å². The van der Waals surface area contributed by atoms with Crippen LogP contribution in [0.4, 0.5) is 11.6 Å². The number of ether oxygens (including phenoxy) is 1. The van der Waals surface area contributed by atoms with E-state index in [-0.39, 0.29) is 6.61 Å². The van der Waals surface area contributed by atoms with E-state index in [2.05, 4.69) is 42.6 Å². The van der Waals surface area contributed by atoms with Crippen LogP contribution in [0.15, 0.2) is 91.9 Å². The van der Waals surface area contributed by atoms with Gasteiger partial charge < -0.3 is 10.1 Å². The van der Waals surface area contributed by atoms with Crippen LogP contribution in [0.1, 0.15) is 11.3 Å². The molecule has 0 saturated carbocycles. The maximum atomic E-state index is 6.18. The molecule has 10 heteroatoms. The predicted molar refractivity (Wildman–Crippen MR) is 139 cm³/mol. The molecule has 1 N–H and O–H groups in total. The second-order valence-corrected chi connectivity index (χ2v) is 8.49. The SMILES string of the molecule is Cn1ccc(-c2cc3cnc(Nc4cccc(Cn5cccn5)c4)nc3cc2OCc2cnccn2)n1. The average molecular weight is 490 g/mol. The lowest BCUT2D eigenvalue weighted by Crippen LogP contribution is -2.02. The summed E-state index contributed by atoms with van der Waals surface area (Å²) in [6.45, 7) is 0.961. The fourth-order valence-corrected chi connectivity index (χ4v) is 4.01. The van der Waals surface area contributed by atoms with Gasteiger partial charge in [-0.05, 0) is 35.9 Å². The lowest BCUT2D eigenvalue weighted by Gasteiger charge is -2.12. The van der Waals surface area contributed by atoms with Crippen LogP contribution in [0.2, 0.25) is 0 Å². The third kappa shape index (κ3) is 5.13. The number of aryl methyl sites for hydroxylation is 1. The lowest BCUT2D eigenvalue weighted by molar-refractivity contribution is 0.302. The van der Waals surface area contributed by atoms with Gasteiger partial charge in [-0.15, -0.1) is 0 Å². The van der Waals surface area contributed by atoms with Gasteiger partial charge in [0.1, 0.15) is 12.4 Å². The molecule has 0 radical (unpaired) electrons. The molecule has 6 aromatic rings. The molecule has 0 unspecified atom stereocenters. The Labute approximate surface area is 212 Å². The maximum Gasteiger partial charge on any atom is 0.227 e. The summed E-state index contributed by atoms with van der Waals surface area (Å²) in [5.41, 5.74) is 5.15. The molecular weight excluding hydrogens is 466 g/mol. The van der Waals surface area contributed by atoms with Crippen molar-refractivity contribution in [2.75, 3.05) is 5.32 Å². The van der Waals surface area contributed by atoms with E-state index in [9.17, 15) is 0 Å². The second kappa shape index (κ2) is 9.86. The molecule has 0 atom stereocenters. The third-order valence-corrected chi connectivity index (χ3v) is 5.75. The van der Waals surface area contributed by atoms with E-state index in [1.54, 1.807) is 35.7 Å². The van der Waals surface area contributed by atoms with Crippen molar-refractivity contribution in [1.82, 2.24) is 39.5 Å². The van der Waals surface area contributed by atoms with Gasteiger partial charge in [0.15, 0.2) is 0 Å². The summed E-state index contributed by atoms with van der Waals surface area (Å²) >= 11 is 0. The summed E-state index contributed by atoms with van der Waals surface area (Å²) < 4.78 is 9.82. The summed E-state index contributed by atoms with van der Waals surface area (Å²) in [6.07, 6.45) is 12.4. The van der Waals surface area contributed by atoms with Crippen LogP contribution in [-0.4, -0.2) is 39.5 Å². The number of hydrogen-bond donors (Lipinski definition) is 1. The van der Waals surface area contributed by atoms with Crippen LogP contribution in [0.3, 0.4) is 0 Å². The Morgan fingerprint density at radius 2 is 1.92 bits per heavy atom. The van der Waals surface area contributed by atoms with E-state index in [1.807, 2.05) is 60.5 Å². The molecule has 6 rings (SSSR count). The first-order chi connectivity index (χ1) is 18.2. The minimum Gasteiger partial charge on any atom is -0.486 e. The summed E-state index contributed by atoms with van der Waals surface area (Å²) in [5, 5.41) is 13.0. The Balaban J connectivity index is 1.30. The van der Waals surface area contributed by atoms with Crippen molar-refractivity contribution in [3.05, 3.63) is 103 Å². The third-order valence-electron chi connectivity index (χ3n) is 5.75. The molecule has 0 aliphatic rings. The fourth-order valence-electron chi connectivity index (χ4n) is 4.01. The minimum atomic E-state index is 0.276. The van der Waals surface area contributed by atoms with Crippen molar-refractivity contribution < 1.29 is 4.74 Å². The van der Waals surface area contributed by atoms with E-state index in [1.165, 1.54) is 0 Å². The van der Waals surface area contributed by atoms with Gasteiger partial charge >= 0.3 is 0 Å². The number of rotatable bonds is 8. The smallest absolute Gasteiger partial charge is 0.227 e. The van der Waals surface area contributed by atoms with Crippen molar-refractivity contribution in [1.29, 1.82) is 0 Å². The molecule has 0 bridgehead atoms. The molecule has 0 aliphatic heterocycles. The molecule has 0 fully saturated rings. The van der Waals surface area contributed by atoms with Crippen LogP contribution < -0.4 is 10.1 Å². The summed E-state index contributed by atoms with van der Waals surface area (Å²) in [6, 6.07) is 15.9. The van der Waals surface area contributed by atoms with Gasteiger partial charge in [0.05, 0.1) is 29.6 Å². The molecule has 4 heterocycles. The first-order valence-corrected chi connectivity index (χ1v) is 11.7. The van der Waals surface area contributed by atoms with E-state index >= 15 is 0 Å². The first-order valence-electron chi connectivity index (χ1n) is 11.7. The van der Waals surface area contributed by atoms with Gasteiger partial charge in [-0.2, -0.15) is 10.2 Å². The molecule has 0 aliphatic carbocycles. The van der Waals surface area contributed by atoms with Crippen LogP contribution in [0.5, 0.6) is 5.75 Å². The highest BCUT2D eigenvalue weighted by molar-refractivity contribution is 5.87. The van der Waals surface area contributed by atoms with E-state index in [0.29, 0.717) is 18.2 Å². The molecule has 0 amide bonds. The molecule has 2 aromatic carbocycles. The van der Waals surface area contributed by atoms with Crippen molar-refractivity contribution in [2.24, 2.45) is 7.05 Å². The lowest BCUT2D eigenvalue weighted by atomic mass is 10.1. The van der Waals surface area contributed by atoms with Gasteiger partial charge in [0.2, 0.25) is 5.95 Å². The topological polar surface area (TPSA) is 108 Å². The van der Waals surface area contributed by atoms with E-state index in [0.717, 1.165) is 39.1 Å². The first kappa shape index (κ1) is 22.4. The number of fused-ring (bicyclic) bond motifs is 1. The fraction of sp³-hybridized carbons (Fsp3) is 0.111. The molecule has 4 aromatic heterocycles. The van der Waals surface area contributed by atoms with E-state index in [4.69, 9.17) is 9.72 Å². The normalized spacial score (nSPS) is 11.1. The molecular formula is C27H23N9O. The van der Waals surface area contributed by atoms with Gasteiger partial charge in [0, 0.05) is 66.9 Å². The van der Waals surface area contributed by atoms with Gasteiger partial charge in [-0.1, -0.05) is 12.1 Å². The standard InChI is InChI=1S/C27H23N9O/c1-35-11-6-24(34-35)23-13-20-15-30-27(32-21-5-2-4-19(12-21)17-36-10-3-7-31-36)33-25(20)14-26(23)37-18-22-16-28-8-9-29-22/h2-16H,17-18H2,1H3,(H,30,32,33). The Morgan fingerprint density at radius 3 is 2.73 bits per heavy atom. The van der Waals surface area contributed by atoms with E-state index < -0.39 is 0 Å². The zero-order chi connectivity index (χ0) is 25.0. The molecule has 0 spiro atoms. The van der Waals surface area contributed by atoms with Crippen LogP contribution in [0.25, 0.3) is 22.2 Å². The predicted octanol–water partition coefficient (Wildman–Crippen LogP) is 4.39. The largest absolute Gasteiger partial charge is 0.486 e. The zero-order valence-corrected chi connectivity index (χ0v) is 20.1. The number of hydrogen-bond acceptors (Lipinski definition) is 8. The molecule has 10 nitrogen and oxygen atoms in total. The van der Waals surface area contributed by atoms with Crippen LogP contribution in [-0.2, 0) is 20.2 Å². The van der Waals surface area contributed by atoms with Crippen molar-refractivity contribution >= 4 is 22.5 Å². The summed E-state index contributed by atoms with van der Waals surface area (Å²) in [5.74, 6) is 1.15. The van der Waals surface area contributed by atoms with Gasteiger partial charge in [0.25, 0.3) is 0 Å². The van der Waals surface area contributed by atoms with Gasteiger partial charge in [-0.3, -0.25) is 19.3 Å². The zero-order valence-electron chi connectivity index (χ0n) is 20.1. The van der Waals surface area contributed by atoms with Crippen molar-refractivity contribution in [2.45, 2.75) is 13.2 Å². The second-order valence-electron chi connectivity index (χ2n) is 8.49. The minimum absolute atomic E-state index is 0.276. The number of nitrogens with one attached hydrogen (secondary N) is 1. The monoisotopic (exact) mass is 489 g/mol. The Hall–Kier alpha value is -5.12. The maximum absolute atomic E-state index is 6.18. The quantitative estimate of drug-likeness (QED) is 0.335. The Bertz CT molecular complexity index is 1650. The number of benzene rings is 2. The average Bonchev–Trinajstić information content (AvgIpc) is 3.59. The summed E-state index contributed by atoms with van der Waals surface area (Å²) in [4.78, 5) is 17.7. The summed E-state index contributed by atoms with van der Waals surface area (Å²) in [7, 11) is 1.88. The molecule has 37 heavy (non-hydrogen) atoms. The molecule has 182 valence electrons. The molecule has 0 saturated heterocycles. The Kier molecular flexibility index (Phi) is 5.96. The van der Waals surface area contributed by atoms with Crippen LogP contribution in [0, 0.1) is 0 Å². The number of anilines is 2. The number of aromatic nitrogens is 8. The highest BCUT2D eigenvalue weighted by Gasteiger charge is 2.14.